The normalized spacial score (nSPS) is 14.6. The Hall–Kier alpha value is -2.91. The van der Waals surface area contributed by atoms with Crippen molar-refractivity contribution in [1.29, 1.82) is 5.26 Å². The van der Waals surface area contributed by atoms with Crippen LogP contribution in [0.15, 0.2) is 42.5 Å². The molecule has 5 nitrogen and oxygen atoms in total. The van der Waals surface area contributed by atoms with Crippen molar-refractivity contribution in [1.82, 2.24) is 9.80 Å². The molecule has 1 heterocycles. The van der Waals surface area contributed by atoms with Crippen LogP contribution < -0.4 is 4.74 Å². The van der Waals surface area contributed by atoms with Gasteiger partial charge >= 0.3 is 0 Å². The van der Waals surface area contributed by atoms with Gasteiger partial charge in [0.2, 0.25) is 5.91 Å². The van der Waals surface area contributed by atoms with E-state index in [0.717, 1.165) is 25.2 Å². The maximum atomic E-state index is 13.8. The van der Waals surface area contributed by atoms with E-state index in [4.69, 9.17) is 10.00 Å². The molecule has 0 aromatic heterocycles. The lowest BCUT2D eigenvalue weighted by Gasteiger charge is -2.34. The van der Waals surface area contributed by atoms with Gasteiger partial charge in [-0.1, -0.05) is 18.2 Å². The molecule has 0 unspecified atom stereocenters. The second-order valence-electron chi connectivity index (χ2n) is 6.61. The highest BCUT2D eigenvalue weighted by Gasteiger charge is 2.21. The summed E-state index contributed by atoms with van der Waals surface area (Å²) in [6, 6.07) is 14.3. The van der Waals surface area contributed by atoms with E-state index in [9.17, 15) is 9.18 Å². The van der Waals surface area contributed by atoms with Crippen molar-refractivity contribution in [2.24, 2.45) is 0 Å². The minimum absolute atomic E-state index is 0.0117. The van der Waals surface area contributed by atoms with Crippen LogP contribution in [0.4, 0.5) is 4.39 Å². The summed E-state index contributed by atoms with van der Waals surface area (Å²) >= 11 is 0. The first-order chi connectivity index (χ1) is 13.1. The minimum Gasteiger partial charge on any atom is -0.494 e. The fourth-order valence-corrected chi connectivity index (χ4v) is 3.20. The second kappa shape index (κ2) is 8.65. The molecule has 0 aliphatic carbocycles. The third kappa shape index (κ3) is 4.83. The van der Waals surface area contributed by atoms with Gasteiger partial charge in [-0.3, -0.25) is 9.69 Å². The highest BCUT2D eigenvalue weighted by Crippen LogP contribution is 2.19. The average molecular weight is 367 g/mol. The largest absolute Gasteiger partial charge is 0.494 e. The topological polar surface area (TPSA) is 56.6 Å². The molecule has 1 amide bonds. The van der Waals surface area contributed by atoms with Crippen LogP contribution in [0, 0.1) is 17.1 Å². The van der Waals surface area contributed by atoms with Gasteiger partial charge in [0.1, 0.15) is 0 Å². The SMILES string of the molecule is COc1ccc(CC(=O)N2CCN(Cc3ccc(C#N)cc3)CC2)cc1F. The minimum atomic E-state index is -0.449. The van der Waals surface area contributed by atoms with Gasteiger partial charge in [-0.15, -0.1) is 0 Å². The molecule has 1 aliphatic rings. The predicted octanol–water partition coefficient (Wildman–Crippen LogP) is 2.59. The quantitative estimate of drug-likeness (QED) is 0.815. The first kappa shape index (κ1) is 18.9. The number of nitrogens with zero attached hydrogens (tertiary/aromatic N) is 3. The van der Waals surface area contributed by atoms with E-state index in [2.05, 4.69) is 11.0 Å². The maximum absolute atomic E-state index is 13.8. The van der Waals surface area contributed by atoms with Crippen LogP contribution in [0.3, 0.4) is 0 Å². The Morgan fingerprint density at radius 1 is 1.11 bits per heavy atom. The Balaban J connectivity index is 1.50. The number of methoxy groups -OCH3 is 1. The number of piperazine rings is 1. The highest BCUT2D eigenvalue weighted by atomic mass is 19.1. The number of halogens is 1. The van der Waals surface area contributed by atoms with E-state index in [-0.39, 0.29) is 18.1 Å². The van der Waals surface area contributed by atoms with Gasteiger partial charge in [-0.2, -0.15) is 5.26 Å². The molecule has 27 heavy (non-hydrogen) atoms. The molecule has 0 spiro atoms. The van der Waals surface area contributed by atoms with Crippen molar-refractivity contribution >= 4 is 5.91 Å². The first-order valence-electron chi connectivity index (χ1n) is 8.90. The number of benzene rings is 2. The third-order valence-electron chi connectivity index (χ3n) is 4.79. The van der Waals surface area contributed by atoms with Gasteiger partial charge in [-0.25, -0.2) is 4.39 Å². The van der Waals surface area contributed by atoms with Crippen molar-refractivity contribution in [3.8, 4) is 11.8 Å². The number of carbonyl (C=O) groups excluding carboxylic acids is 1. The van der Waals surface area contributed by atoms with Crippen LogP contribution in [0.25, 0.3) is 0 Å². The van der Waals surface area contributed by atoms with E-state index in [0.29, 0.717) is 24.2 Å². The van der Waals surface area contributed by atoms with Crippen molar-refractivity contribution in [2.75, 3.05) is 33.3 Å². The van der Waals surface area contributed by atoms with E-state index in [1.807, 2.05) is 29.2 Å². The molecule has 3 rings (SSSR count). The summed E-state index contributed by atoms with van der Waals surface area (Å²) in [5.41, 5.74) is 2.46. The highest BCUT2D eigenvalue weighted by molar-refractivity contribution is 5.79. The van der Waals surface area contributed by atoms with Crippen molar-refractivity contribution < 1.29 is 13.9 Å². The number of amides is 1. The lowest BCUT2D eigenvalue weighted by Crippen LogP contribution is -2.48. The molecule has 2 aromatic carbocycles. The Labute approximate surface area is 158 Å². The van der Waals surface area contributed by atoms with Crippen molar-refractivity contribution in [3.05, 3.63) is 65.0 Å². The molecular formula is C21H22FN3O2. The van der Waals surface area contributed by atoms with Crippen LogP contribution in [-0.2, 0) is 17.8 Å². The summed E-state index contributed by atoms with van der Waals surface area (Å²) in [4.78, 5) is 16.6. The van der Waals surface area contributed by atoms with E-state index in [1.54, 1.807) is 12.1 Å². The molecule has 0 atom stereocenters. The summed E-state index contributed by atoms with van der Waals surface area (Å²) in [5.74, 6) is -0.254. The zero-order valence-corrected chi connectivity index (χ0v) is 15.3. The zero-order chi connectivity index (χ0) is 19.2. The Bertz CT molecular complexity index is 837. The molecule has 2 aromatic rings. The number of hydrogen-bond acceptors (Lipinski definition) is 4. The summed E-state index contributed by atoms with van der Waals surface area (Å²) in [5, 5.41) is 8.85. The Morgan fingerprint density at radius 2 is 1.78 bits per heavy atom. The summed E-state index contributed by atoms with van der Waals surface area (Å²) in [6.45, 7) is 3.71. The smallest absolute Gasteiger partial charge is 0.227 e. The van der Waals surface area contributed by atoms with Gasteiger partial charge in [-0.05, 0) is 35.4 Å². The number of carbonyl (C=O) groups is 1. The first-order valence-corrected chi connectivity index (χ1v) is 8.90. The van der Waals surface area contributed by atoms with Crippen LogP contribution in [0.1, 0.15) is 16.7 Å². The lowest BCUT2D eigenvalue weighted by atomic mass is 10.1. The van der Waals surface area contributed by atoms with E-state index in [1.165, 1.54) is 13.2 Å². The van der Waals surface area contributed by atoms with E-state index >= 15 is 0 Å². The monoisotopic (exact) mass is 367 g/mol. The van der Waals surface area contributed by atoms with Crippen LogP contribution in [0.5, 0.6) is 5.75 Å². The number of nitriles is 1. The average Bonchev–Trinajstić information content (AvgIpc) is 2.69. The fourth-order valence-electron chi connectivity index (χ4n) is 3.20. The maximum Gasteiger partial charge on any atom is 0.227 e. The van der Waals surface area contributed by atoms with Gasteiger partial charge in [0.15, 0.2) is 11.6 Å². The lowest BCUT2D eigenvalue weighted by molar-refractivity contribution is -0.132. The fraction of sp³-hybridized carbons (Fsp3) is 0.333. The number of ether oxygens (including phenoxy) is 1. The molecule has 0 N–H and O–H groups in total. The van der Waals surface area contributed by atoms with Gasteiger partial charge in [0.25, 0.3) is 0 Å². The summed E-state index contributed by atoms with van der Waals surface area (Å²) < 4.78 is 18.7. The summed E-state index contributed by atoms with van der Waals surface area (Å²) in [7, 11) is 1.42. The molecule has 140 valence electrons. The molecule has 0 saturated carbocycles. The van der Waals surface area contributed by atoms with Gasteiger partial charge in [0, 0.05) is 32.7 Å². The molecule has 0 radical (unpaired) electrons. The molecule has 1 aliphatic heterocycles. The van der Waals surface area contributed by atoms with Crippen LogP contribution in [0.2, 0.25) is 0 Å². The zero-order valence-electron chi connectivity index (χ0n) is 15.3. The van der Waals surface area contributed by atoms with Gasteiger partial charge in [0.05, 0.1) is 25.2 Å². The standard InChI is InChI=1S/C21H22FN3O2/c1-27-20-7-6-18(12-19(20)22)13-21(26)25-10-8-24(9-11-25)15-17-4-2-16(14-23)3-5-17/h2-7,12H,8-11,13,15H2,1H3. The molecule has 1 fully saturated rings. The number of hydrogen-bond donors (Lipinski definition) is 0. The second-order valence-corrected chi connectivity index (χ2v) is 6.61. The molecule has 1 saturated heterocycles. The molecule has 6 heteroatoms. The van der Waals surface area contributed by atoms with Crippen LogP contribution in [-0.4, -0.2) is 49.0 Å². The Kier molecular flexibility index (Phi) is 6.05. The van der Waals surface area contributed by atoms with E-state index < -0.39 is 5.82 Å². The predicted molar refractivity (Wildman–Crippen MR) is 99.7 cm³/mol. The summed E-state index contributed by atoms with van der Waals surface area (Å²) in [6.07, 6.45) is 0.191. The molecule has 0 bridgehead atoms. The molecular weight excluding hydrogens is 345 g/mol. The Morgan fingerprint density at radius 3 is 2.37 bits per heavy atom. The van der Waals surface area contributed by atoms with Crippen LogP contribution >= 0.6 is 0 Å². The van der Waals surface area contributed by atoms with Crippen molar-refractivity contribution in [3.63, 3.8) is 0 Å². The third-order valence-corrected chi connectivity index (χ3v) is 4.79. The van der Waals surface area contributed by atoms with Crippen molar-refractivity contribution in [2.45, 2.75) is 13.0 Å². The number of rotatable bonds is 5. The van der Waals surface area contributed by atoms with Gasteiger partial charge < -0.3 is 9.64 Å².